The number of ether oxygens (including phenoxy) is 3. The lowest BCUT2D eigenvalue weighted by molar-refractivity contribution is -0.218. The van der Waals surface area contributed by atoms with Crippen LogP contribution >= 0.6 is 0 Å². The Labute approximate surface area is 258 Å². The lowest BCUT2D eigenvalue weighted by atomic mass is 9.74. The van der Waals surface area contributed by atoms with E-state index >= 15 is 0 Å². The smallest absolute Gasteiger partial charge is 0.411 e. The van der Waals surface area contributed by atoms with Crippen LogP contribution < -0.4 is 0 Å². The Balaban J connectivity index is 1.28. The molecule has 0 spiro atoms. The van der Waals surface area contributed by atoms with Gasteiger partial charge in [-0.25, -0.2) is 9.59 Å². The maximum absolute atomic E-state index is 13.6. The second-order valence-corrected chi connectivity index (χ2v) is 12.3. The molecule has 2 aliphatic rings. The van der Waals surface area contributed by atoms with Crippen LogP contribution in [0.25, 0.3) is 0 Å². The number of amides is 1. The molecule has 3 atom stereocenters. The SMILES string of the molecule is CC(C)(CC1OCC(c2ccccc2)(c2ccccc2)CO1)[C@@H](C(=O)O)N1C(=O)O[C@H](c2ccccc2)[C@@H]1c1ccccc1. The zero-order valence-corrected chi connectivity index (χ0v) is 24.9. The maximum atomic E-state index is 13.6. The van der Waals surface area contributed by atoms with Crippen LogP contribution in [0.15, 0.2) is 121 Å². The summed E-state index contributed by atoms with van der Waals surface area (Å²) in [6, 6.07) is 37.4. The Morgan fingerprint density at radius 2 is 1.25 bits per heavy atom. The van der Waals surface area contributed by atoms with Crippen LogP contribution in [0.4, 0.5) is 4.79 Å². The third-order valence-corrected chi connectivity index (χ3v) is 8.92. The van der Waals surface area contributed by atoms with E-state index in [1.165, 1.54) is 4.90 Å². The Morgan fingerprint density at radius 3 is 1.73 bits per heavy atom. The maximum Gasteiger partial charge on any atom is 0.411 e. The molecule has 4 aromatic carbocycles. The highest BCUT2D eigenvalue weighted by Crippen LogP contribution is 2.48. The molecule has 0 saturated carbocycles. The molecule has 0 unspecified atom stereocenters. The summed E-state index contributed by atoms with van der Waals surface area (Å²) < 4.78 is 18.7. The molecule has 1 N–H and O–H groups in total. The third kappa shape index (κ3) is 5.61. The first-order valence-electron chi connectivity index (χ1n) is 15.0. The summed E-state index contributed by atoms with van der Waals surface area (Å²) in [4.78, 5) is 28.1. The predicted octanol–water partition coefficient (Wildman–Crippen LogP) is 7.15. The van der Waals surface area contributed by atoms with E-state index in [2.05, 4.69) is 24.3 Å². The van der Waals surface area contributed by atoms with Gasteiger partial charge in [0.2, 0.25) is 0 Å². The van der Waals surface area contributed by atoms with Crippen molar-refractivity contribution in [1.29, 1.82) is 0 Å². The molecule has 226 valence electrons. The van der Waals surface area contributed by atoms with E-state index in [1.807, 2.05) is 111 Å². The van der Waals surface area contributed by atoms with Crippen molar-refractivity contribution in [2.75, 3.05) is 13.2 Å². The monoisotopic (exact) mass is 591 g/mol. The number of carboxylic acid groups (broad SMARTS) is 1. The van der Waals surface area contributed by atoms with Gasteiger partial charge in [-0.15, -0.1) is 0 Å². The molecule has 7 nitrogen and oxygen atoms in total. The second kappa shape index (κ2) is 12.3. The molecule has 2 fully saturated rings. The molecule has 0 radical (unpaired) electrons. The fraction of sp³-hybridized carbons (Fsp3) is 0.297. The zero-order valence-electron chi connectivity index (χ0n) is 24.9. The summed E-state index contributed by atoms with van der Waals surface area (Å²) in [5.41, 5.74) is 2.32. The van der Waals surface area contributed by atoms with Crippen molar-refractivity contribution < 1.29 is 28.9 Å². The summed E-state index contributed by atoms with van der Waals surface area (Å²) >= 11 is 0. The van der Waals surface area contributed by atoms with Gasteiger partial charge in [-0.2, -0.15) is 0 Å². The largest absolute Gasteiger partial charge is 0.480 e. The van der Waals surface area contributed by atoms with Crippen LogP contribution in [-0.4, -0.2) is 47.6 Å². The molecule has 0 aromatic heterocycles. The van der Waals surface area contributed by atoms with Gasteiger partial charge in [0.25, 0.3) is 0 Å². The van der Waals surface area contributed by atoms with Gasteiger partial charge in [-0.05, 0) is 22.3 Å². The number of benzene rings is 4. The number of carbonyl (C=O) groups excluding carboxylic acids is 1. The van der Waals surface area contributed by atoms with Crippen molar-refractivity contribution >= 4 is 12.1 Å². The van der Waals surface area contributed by atoms with E-state index in [4.69, 9.17) is 14.2 Å². The number of nitrogens with zero attached hydrogens (tertiary/aromatic N) is 1. The number of hydrogen-bond donors (Lipinski definition) is 1. The van der Waals surface area contributed by atoms with Gasteiger partial charge in [0.15, 0.2) is 12.4 Å². The fourth-order valence-electron chi connectivity index (χ4n) is 6.70. The van der Waals surface area contributed by atoms with Crippen molar-refractivity contribution in [3.63, 3.8) is 0 Å². The average molecular weight is 592 g/mol. The van der Waals surface area contributed by atoms with E-state index in [9.17, 15) is 14.7 Å². The molecule has 7 heteroatoms. The Morgan fingerprint density at radius 1 is 0.795 bits per heavy atom. The lowest BCUT2D eigenvalue weighted by Crippen LogP contribution is -2.54. The summed E-state index contributed by atoms with van der Waals surface area (Å²) in [6.45, 7) is 4.43. The van der Waals surface area contributed by atoms with Gasteiger partial charge in [-0.1, -0.05) is 135 Å². The van der Waals surface area contributed by atoms with Crippen LogP contribution in [0.2, 0.25) is 0 Å². The summed E-state index contributed by atoms with van der Waals surface area (Å²) in [7, 11) is 0. The number of rotatable bonds is 9. The number of aliphatic carboxylic acids is 1. The Bertz CT molecular complexity index is 1510. The zero-order chi connectivity index (χ0) is 30.7. The normalized spacial score (nSPS) is 21.0. The molecular formula is C37H37NO6. The first-order valence-corrected chi connectivity index (χ1v) is 15.0. The molecule has 44 heavy (non-hydrogen) atoms. The minimum Gasteiger partial charge on any atom is -0.480 e. The van der Waals surface area contributed by atoms with Crippen molar-refractivity contribution in [2.45, 2.75) is 50.2 Å². The van der Waals surface area contributed by atoms with Crippen LogP contribution in [0, 0.1) is 5.41 Å². The van der Waals surface area contributed by atoms with Gasteiger partial charge >= 0.3 is 12.1 Å². The fourth-order valence-corrected chi connectivity index (χ4v) is 6.70. The topological polar surface area (TPSA) is 85.3 Å². The van der Waals surface area contributed by atoms with Crippen molar-refractivity contribution in [1.82, 2.24) is 4.90 Å². The number of carbonyl (C=O) groups is 2. The Kier molecular flexibility index (Phi) is 8.25. The molecule has 0 bridgehead atoms. The van der Waals surface area contributed by atoms with Crippen molar-refractivity contribution in [3.05, 3.63) is 144 Å². The van der Waals surface area contributed by atoms with Gasteiger partial charge in [0.05, 0.1) is 18.6 Å². The minimum atomic E-state index is -1.21. The summed E-state index contributed by atoms with van der Waals surface area (Å²) in [5.74, 6) is -1.11. The highest BCUT2D eigenvalue weighted by atomic mass is 16.7. The first-order chi connectivity index (χ1) is 21.3. The van der Waals surface area contributed by atoms with Crippen LogP contribution in [-0.2, 0) is 24.4 Å². The van der Waals surface area contributed by atoms with Crippen molar-refractivity contribution in [2.24, 2.45) is 5.41 Å². The van der Waals surface area contributed by atoms with Gasteiger partial charge < -0.3 is 19.3 Å². The highest BCUT2D eigenvalue weighted by molar-refractivity contribution is 5.82. The van der Waals surface area contributed by atoms with Crippen LogP contribution in [0.3, 0.4) is 0 Å². The molecule has 1 amide bonds. The average Bonchev–Trinajstić information content (AvgIpc) is 3.38. The third-order valence-electron chi connectivity index (χ3n) is 8.92. The van der Waals surface area contributed by atoms with Gasteiger partial charge in [0, 0.05) is 11.8 Å². The summed E-state index contributed by atoms with van der Waals surface area (Å²) in [5, 5.41) is 10.7. The van der Waals surface area contributed by atoms with Crippen LogP contribution in [0.1, 0.15) is 54.7 Å². The van der Waals surface area contributed by atoms with Gasteiger partial charge in [-0.3, -0.25) is 4.90 Å². The van der Waals surface area contributed by atoms with Crippen LogP contribution in [0.5, 0.6) is 0 Å². The van der Waals surface area contributed by atoms with E-state index in [-0.39, 0.29) is 6.42 Å². The Hall–Kier alpha value is -4.46. The summed E-state index contributed by atoms with van der Waals surface area (Å²) in [6.07, 6.45) is -1.73. The molecule has 0 aliphatic carbocycles. The quantitative estimate of drug-likeness (QED) is 0.223. The molecule has 2 aliphatic heterocycles. The lowest BCUT2D eigenvalue weighted by Gasteiger charge is -2.44. The van der Waals surface area contributed by atoms with E-state index in [1.54, 1.807) is 0 Å². The number of cyclic esters (lactones) is 1. The molecule has 6 rings (SSSR count). The predicted molar refractivity (Wildman–Crippen MR) is 166 cm³/mol. The molecule has 4 aromatic rings. The molecule has 2 saturated heterocycles. The van der Waals surface area contributed by atoms with E-state index < -0.39 is 47.4 Å². The van der Waals surface area contributed by atoms with E-state index in [0.717, 1.165) is 22.3 Å². The highest BCUT2D eigenvalue weighted by Gasteiger charge is 2.54. The van der Waals surface area contributed by atoms with Gasteiger partial charge in [0.1, 0.15) is 12.1 Å². The molecule has 2 heterocycles. The van der Waals surface area contributed by atoms with E-state index in [0.29, 0.717) is 13.2 Å². The standard InChI is InChI=1S/C37H37NO6/c1-36(2,23-30-42-24-37(25-43-30,28-19-11-5-12-20-28)29-21-13-6-14-22-29)33(34(39)40)38-31(26-15-7-3-8-16-26)32(44-35(38)41)27-17-9-4-10-18-27/h3-22,30-33H,23-25H2,1-2H3,(H,39,40)/t31-,32+,33+/m0/s1. The first kappa shape index (κ1) is 29.6. The minimum absolute atomic E-state index is 0.255. The molecular weight excluding hydrogens is 554 g/mol. The van der Waals surface area contributed by atoms with Crippen molar-refractivity contribution in [3.8, 4) is 0 Å². The number of carboxylic acids is 1. The second-order valence-electron chi connectivity index (χ2n) is 12.3. The number of hydrogen-bond acceptors (Lipinski definition) is 5.